The van der Waals surface area contributed by atoms with Crippen LogP contribution in [0.1, 0.15) is 74.5 Å². The number of methoxy groups -OCH3 is 2. The molecule has 11 heteroatoms. The van der Waals surface area contributed by atoms with Gasteiger partial charge in [0.15, 0.2) is 0 Å². The number of nitrogens with zero attached hydrogens (tertiary/aromatic N) is 3. The lowest BCUT2D eigenvalue weighted by atomic mass is 9.84. The lowest BCUT2D eigenvalue weighted by molar-refractivity contribution is -0.135. The van der Waals surface area contributed by atoms with Gasteiger partial charge in [0.25, 0.3) is 5.91 Å². The Kier molecular flexibility index (Phi) is 12.6. The molecule has 0 spiro atoms. The van der Waals surface area contributed by atoms with Crippen LogP contribution in [0.4, 0.5) is 5.69 Å². The number of hydrogen-bond acceptors (Lipinski definition) is 7. The van der Waals surface area contributed by atoms with Crippen LogP contribution >= 0.6 is 0 Å². The second-order valence-corrected chi connectivity index (χ2v) is 13.7. The third kappa shape index (κ3) is 10.5. The lowest BCUT2D eigenvalue weighted by Gasteiger charge is -2.38. The summed E-state index contributed by atoms with van der Waals surface area (Å²) in [5.41, 5.74) is 8.22. The molecular weight excluding hydrogens is 586 g/mol. The minimum absolute atomic E-state index is 0.00147. The Morgan fingerprint density at radius 2 is 1.70 bits per heavy atom. The zero-order chi connectivity index (χ0) is 34.2. The van der Waals surface area contributed by atoms with Crippen LogP contribution in [0.2, 0.25) is 0 Å². The van der Waals surface area contributed by atoms with Crippen molar-refractivity contribution >= 4 is 29.3 Å². The molecule has 0 radical (unpaired) electrons. The minimum atomic E-state index is -0.598. The Morgan fingerprint density at radius 1 is 1.04 bits per heavy atom. The number of ether oxygens (including phenoxy) is 2. The first-order valence-electron chi connectivity index (χ1n) is 15.8. The van der Waals surface area contributed by atoms with Gasteiger partial charge >= 0.3 is 0 Å². The zero-order valence-electron chi connectivity index (χ0n) is 28.6. The standard InChI is InChI=1S/C35H51N5O6/c1-23(21-35(2,3)4)15-32(42)37-26-10-9-24-18-30(25-16-27(45-7)20-28(17-25)46-8)40(34(44)29(24)19-26)12-11-33(43)39(22-31(36)41)14-13-38(5)6/h9-10,16-17,19-20,23,30H,11-15,18,21-22H2,1-8H3,(H2,36,41)(H,37,42). The van der Waals surface area contributed by atoms with Crippen LogP contribution in [0.5, 0.6) is 11.5 Å². The molecule has 46 heavy (non-hydrogen) atoms. The Balaban J connectivity index is 1.91. The van der Waals surface area contributed by atoms with Crippen LogP contribution in [0.15, 0.2) is 36.4 Å². The number of anilines is 1. The first-order chi connectivity index (χ1) is 21.6. The van der Waals surface area contributed by atoms with Gasteiger partial charge in [-0.2, -0.15) is 0 Å². The fourth-order valence-corrected chi connectivity index (χ4v) is 6.04. The van der Waals surface area contributed by atoms with Gasteiger partial charge in [0.05, 0.1) is 26.8 Å². The van der Waals surface area contributed by atoms with Crippen molar-refractivity contribution in [2.45, 2.75) is 59.4 Å². The Bertz CT molecular complexity index is 1380. The van der Waals surface area contributed by atoms with E-state index in [1.54, 1.807) is 31.3 Å². The molecule has 3 N–H and O–H groups in total. The molecule has 0 fully saturated rings. The highest BCUT2D eigenvalue weighted by molar-refractivity contribution is 6.00. The van der Waals surface area contributed by atoms with Crippen molar-refractivity contribution in [3.05, 3.63) is 53.1 Å². The smallest absolute Gasteiger partial charge is 0.254 e. The SMILES string of the molecule is COc1cc(OC)cc(C2Cc3ccc(NC(=O)CC(C)CC(C)(C)C)cc3C(=O)N2CCC(=O)N(CCN(C)C)CC(N)=O)c1. The second kappa shape index (κ2) is 15.9. The Hall–Kier alpha value is -4.12. The minimum Gasteiger partial charge on any atom is -0.497 e. The van der Waals surface area contributed by atoms with Crippen LogP contribution in [0.3, 0.4) is 0 Å². The number of benzene rings is 2. The van der Waals surface area contributed by atoms with E-state index in [-0.39, 0.29) is 48.6 Å². The van der Waals surface area contributed by atoms with E-state index in [9.17, 15) is 19.2 Å². The number of carbonyl (C=O) groups excluding carboxylic acids is 4. The highest BCUT2D eigenvalue weighted by Gasteiger charge is 2.35. The van der Waals surface area contributed by atoms with Gasteiger partial charge in [0.2, 0.25) is 17.7 Å². The normalized spacial score (nSPS) is 15.3. The molecule has 252 valence electrons. The molecule has 3 rings (SSSR count). The number of nitrogens with one attached hydrogen (secondary N) is 1. The summed E-state index contributed by atoms with van der Waals surface area (Å²) in [6, 6.07) is 10.5. The molecule has 0 saturated carbocycles. The van der Waals surface area contributed by atoms with E-state index in [1.807, 2.05) is 43.3 Å². The number of rotatable bonds is 15. The van der Waals surface area contributed by atoms with Gasteiger partial charge < -0.3 is 35.2 Å². The van der Waals surface area contributed by atoms with Gasteiger partial charge in [-0.1, -0.05) is 33.8 Å². The molecule has 1 aliphatic rings. The third-order valence-corrected chi connectivity index (χ3v) is 8.01. The van der Waals surface area contributed by atoms with Crippen molar-refractivity contribution in [2.24, 2.45) is 17.1 Å². The topological polar surface area (TPSA) is 135 Å². The van der Waals surface area contributed by atoms with Gasteiger partial charge in [-0.25, -0.2) is 0 Å². The van der Waals surface area contributed by atoms with Crippen molar-refractivity contribution in [3.8, 4) is 11.5 Å². The summed E-state index contributed by atoms with van der Waals surface area (Å²) in [4.78, 5) is 57.2. The van der Waals surface area contributed by atoms with Crippen molar-refractivity contribution in [1.29, 1.82) is 0 Å². The molecule has 1 aliphatic heterocycles. The first-order valence-corrected chi connectivity index (χ1v) is 15.8. The maximum atomic E-state index is 14.2. The average molecular weight is 638 g/mol. The molecule has 0 aliphatic carbocycles. The van der Waals surface area contributed by atoms with E-state index in [2.05, 4.69) is 33.0 Å². The monoisotopic (exact) mass is 637 g/mol. The molecule has 0 aromatic heterocycles. The summed E-state index contributed by atoms with van der Waals surface area (Å²) in [6.45, 7) is 9.34. The summed E-state index contributed by atoms with van der Waals surface area (Å²) in [5, 5.41) is 2.97. The van der Waals surface area contributed by atoms with Crippen molar-refractivity contribution in [1.82, 2.24) is 14.7 Å². The summed E-state index contributed by atoms with van der Waals surface area (Å²) < 4.78 is 11.0. The summed E-state index contributed by atoms with van der Waals surface area (Å²) in [7, 11) is 6.90. The summed E-state index contributed by atoms with van der Waals surface area (Å²) in [6.07, 6.45) is 1.78. The van der Waals surface area contributed by atoms with Gasteiger partial charge in [-0.3, -0.25) is 19.2 Å². The summed E-state index contributed by atoms with van der Waals surface area (Å²) >= 11 is 0. The molecular formula is C35H51N5O6. The van der Waals surface area contributed by atoms with Gasteiger partial charge in [-0.15, -0.1) is 0 Å². The zero-order valence-corrected chi connectivity index (χ0v) is 28.6. The number of likely N-dealkylation sites (N-methyl/N-ethyl adjacent to an activating group) is 1. The van der Waals surface area contributed by atoms with E-state index >= 15 is 0 Å². The lowest BCUT2D eigenvalue weighted by Crippen LogP contribution is -2.45. The van der Waals surface area contributed by atoms with Crippen LogP contribution in [-0.2, 0) is 20.8 Å². The molecule has 1 heterocycles. The van der Waals surface area contributed by atoms with Crippen molar-refractivity contribution < 1.29 is 28.7 Å². The van der Waals surface area contributed by atoms with E-state index in [0.29, 0.717) is 48.7 Å². The van der Waals surface area contributed by atoms with E-state index in [1.165, 1.54) is 4.90 Å². The van der Waals surface area contributed by atoms with Gasteiger partial charge in [0.1, 0.15) is 11.5 Å². The van der Waals surface area contributed by atoms with Crippen molar-refractivity contribution in [2.75, 3.05) is 59.8 Å². The van der Waals surface area contributed by atoms with Crippen LogP contribution in [0, 0.1) is 11.3 Å². The molecule has 0 bridgehead atoms. The average Bonchev–Trinajstić information content (AvgIpc) is 2.97. The van der Waals surface area contributed by atoms with Crippen molar-refractivity contribution in [3.63, 3.8) is 0 Å². The van der Waals surface area contributed by atoms with Crippen LogP contribution in [0.25, 0.3) is 0 Å². The molecule has 4 amide bonds. The first kappa shape index (κ1) is 36.3. The number of nitrogens with two attached hydrogens (primary N) is 1. The van der Waals surface area contributed by atoms with E-state index < -0.39 is 11.9 Å². The number of carbonyl (C=O) groups is 4. The number of fused-ring (bicyclic) bond motifs is 1. The molecule has 2 atom stereocenters. The fraction of sp³-hybridized carbons (Fsp3) is 0.543. The van der Waals surface area contributed by atoms with Crippen LogP contribution in [-0.4, -0.2) is 92.8 Å². The predicted octanol–water partition coefficient (Wildman–Crippen LogP) is 4.11. The largest absolute Gasteiger partial charge is 0.497 e. The molecule has 2 unspecified atom stereocenters. The fourth-order valence-electron chi connectivity index (χ4n) is 6.04. The molecule has 11 nitrogen and oxygen atoms in total. The molecule has 2 aromatic carbocycles. The Morgan fingerprint density at radius 3 is 2.26 bits per heavy atom. The van der Waals surface area contributed by atoms with E-state index in [0.717, 1.165) is 17.5 Å². The number of hydrogen-bond donors (Lipinski definition) is 2. The quantitative estimate of drug-likeness (QED) is 0.300. The number of amides is 4. The van der Waals surface area contributed by atoms with Gasteiger partial charge in [0, 0.05) is 49.8 Å². The highest BCUT2D eigenvalue weighted by atomic mass is 16.5. The second-order valence-electron chi connectivity index (χ2n) is 13.7. The molecule has 2 aromatic rings. The third-order valence-electron chi connectivity index (χ3n) is 8.01. The number of primary amides is 1. The van der Waals surface area contributed by atoms with E-state index in [4.69, 9.17) is 15.2 Å². The molecule has 0 saturated heterocycles. The maximum Gasteiger partial charge on any atom is 0.254 e. The Labute approximate surface area is 273 Å². The van der Waals surface area contributed by atoms with Gasteiger partial charge in [-0.05, 0) is 73.7 Å². The summed E-state index contributed by atoms with van der Waals surface area (Å²) in [5.74, 6) is 0.145. The predicted molar refractivity (Wildman–Crippen MR) is 179 cm³/mol. The maximum absolute atomic E-state index is 14.2. The highest BCUT2D eigenvalue weighted by Crippen LogP contribution is 2.37. The van der Waals surface area contributed by atoms with Crippen LogP contribution < -0.4 is 20.5 Å².